The molecule has 0 aliphatic carbocycles. The number of hydrogen-bond acceptors (Lipinski definition) is 5. The number of carbonyl (C=O) groups is 1. The second-order valence-electron chi connectivity index (χ2n) is 7.34. The lowest BCUT2D eigenvalue weighted by molar-refractivity contribution is -0.131. The maximum Gasteiger partial charge on any atom is 0.227 e. The molecule has 1 atom stereocenters. The highest BCUT2D eigenvalue weighted by molar-refractivity contribution is 5.79. The number of carbonyl (C=O) groups excluding carboxylic acids is 1. The summed E-state index contributed by atoms with van der Waals surface area (Å²) < 4.78 is 0. The van der Waals surface area contributed by atoms with Gasteiger partial charge in [-0.05, 0) is 36.1 Å². The Morgan fingerprint density at radius 3 is 2.48 bits per heavy atom. The molecule has 3 rings (SSSR count). The summed E-state index contributed by atoms with van der Waals surface area (Å²) in [5.41, 5.74) is 2.65. The Morgan fingerprint density at radius 2 is 1.93 bits per heavy atom. The minimum atomic E-state index is 0.147. The van der Waals surface area contributed by atoms with E-state index in [1.165, 1.54) is 5.56 Å². The number of rotatable bonds is 4. The highest BCUT2D eigenvalue weighted by Crippen LogP contribution is 2.19. The first-order chi connectivity index (χ1) is 13.0. The van der Waals surface area contributed by atoms with Crippen LogP contribution in [0, 0.1) is 11.3 Å². The summed E-state index contributed by atoms with van der Waals surface area (Å²) in [7, 11) is 0. The molecule has 0 bridgehead atoms. The lowest BCUT2D eigenvalue weighted by Gasteiger charge is -2.40. The minimum absolute atomic E-state index is 0.147. The quantitative estimate of drug-likeness (QED) is 0.835. The molecule has 0 saturated carbocycles. The molecule has 2 heterocycles. The highest BCUT2D eigenvalue weighted by Gasteiger charge is 2.27. The fourth-order valence-corrected chi connectivity index (χ4v) is 3.37. The fourth-order valence-electron chi connectivity index (χ4n) is 3.37. The molecule has 1 aliphatic heterocycles. The molecule has 140 valence electrons. The van der Waals surface area contributed by atoms with E-state index in [9.17, 15) is 4.79 Å². The number of anilines is 1. The van der Waals surface area contributed by atoms with Gasteiger partial charge in [-0.1, -0.05) is 38.1 Å². The van der Waals surface area contributed by atoms with Gasteiger partial charge < -0.3 is 9.80 Å². The fraction of sp³-hybridized carbons (Fsp3) is 0.429. The molecule has 1 amide bonds. The summed E-state index contributed by atoms with van der Waals surface area (Å²) in [5.74, 6) is 1.40. The predicted molar refractivity (Wildman–Crippen MR) is 104 cm³/mol. The zero-order chi connectivity index (χ0) is 19.4. The molecular weight excluding hydrogens is 338 g/mol. The Kier molecular flexibility index (Phi) is 5.70. The van der Waals surface area contributed by atoms with Crippen LogP contribution in [0.3, 0.4) is 0 Å². The van der Waals surface area contributed by atoms with Crippen LogP contribution in [0.15, 0.2) is 36.4 Å². The lowest BCUT2D eigenvalue weighted by atomic mass is 10.0. The van der Waals surface area contributed by atoms with Crippen LogP contribution in [0.5, 0.6) is 0 Å². The molecule has 0 spiro atoms. The van der Waals surface area contributed by atoms with Crippen molar-refractivity contribution < 1.29 is 4.79 Å². The van der Waals surface area contributed by atoms with Crippen LogP contribution in [-0.4, -0.2) is 46.7 Å². The number of nitriles is 1. The van der Waals surface area contributed by atoms with Crippen molar-refractivity contribution in [1.82, 2.24) is 15.1 Å². The Hall–Kier alpha value is -2.94. The highest BCUT2D eigenvalue weighted by atomic mass is 16.2. The van der Waals surface area contributed by atoms with Gasteiger partial charge in [0.25, 0.3) is 0 Å². The van der Waals surface area contributed by atoms with Crippen molar-refractivity contribution in [3.8, 4) is 6.07 Å². The van der Waals surface area contributed by atoms with Crippen molar-refractivity contribution in [3.63, 3.8) is 0 Å². The third kappa shape index (κ3) is 4.43. The van der Waals surface area contributed by atoms with Crippen LogP contribution in [0.1, 0.15) is 43.5 Å². The van der Waals surface area contributed by atoms with E-state index in [2.05, 4.69) is 60.1 Å². The van der Waals surface area contributed by atoms with Gasteiger partial charge in [0.15, 0.2) is 11.5 Å². The standard InChI is InChI=1S/C21H25N5O/c1-15(2)18-6-4-17(5-7-18)12-21(27)25-10-11-26(16(3)14-25)20-9-8-19(13-22)23-24-20/h4-9,15-16H,10-12,14H2,1-3H3/t16-/m0/s1. The van der Waals surface area contributed by atoms with Crippen LogP contribution < -0.4 is 4.90 Å². The van der Waals surface area contributed by atoms with E-state index < -0.39 is 0 Å². The number of benzene rings is 1. The normalized spacial score (nSPS) is 17.1. The summed E-state index contributed by atoms with van der Waals surface area (Å²) in [4.78, 5) is 16.8. The van der Waals surface area contributed by atoms with Gasteiger partial charge in [0, 0.05) is 25.7 Å². The van der Waals surface area contributed by atoms with E-state index in [1.54, 1.807) is 6.07 Å². The van der Waals surface area contributed by atoms with Crippen LogP contribution in [-0.2, 0) is 11.2 Å². The summed E-state index contributed by atoms with van der Waals surface area (Å²) >= 11 is 0. The van der Waals surface area contributed by atoms with Gasteiger partial charge >= 0.3 is 0 Å². The number of amides is 1. The molecule has 2 aromatic rings. The maximum absolute atomic E-state index is 12.7. The number of nitrogens with zero attached hydrogens (tertiary/aromatic N) is 5. The van der Waals surface area contributed by atoms with E-state index >= 15 is 0 Å². The third-order valence-corrected chi connectivity index (χ3v) is 5.04. The Labute approximate surface area is 160 Å². The van der Waals surface area contributed by atoms with Crippen LogP contribution in [0.4, 0.5) is 5.82 Å². The summed E-state index contributed by atoms with van der Waals surface area (Å²) in [6.07, 6.45) is 0.432. The van der Waals surface area contributed by atoms with Gasteiger partial charge in [-0.2, -0.15) is 5.26 Å². The Balaban J connectivity index is 1.59. The maximum atomic E-state index is 12.7. The molecule has 0 unspecified atom stereocenters. The van der Waals surface area contributed by atoms with Crippen molar-refractivity contribution in [2.45, 2.75) is 39.2 Å². The van der Waals surface area contributed by atoms with Crippen molar-refractivity contribution in [1.29, 1.82) is 5.26 Å². The second-order valence-corrected chi connectivity index (χ2v) is 7.34. The van der Waals surface area contributed by atoms with Crippen molar-refractivity contribution in [2.24, 2.45) is 0 Å². The molecule has 1 fully saturated rings. The smallest absolute Gasteiger partial charge is 0.227 e. The van der Waals surface area contributed by atoms with Crippen LogP contribution >= 0.6 is 0 Å². The molecule has 1 aromatic heterocycles. The number of hydrogen-bond donors (Lipinski definition) is 0. The first-order valence-corrected chi connectivity index (χ1v) is 9.35. The first-order valence-electron chi connectivity index (χ1n) is 9.35. The topological polar surface area (TPSA) is 73.1 Å². The van der Waals surface area contributed by atoms with E-state index in [-0.39, 0.29) is 11.9 Å². The van der Waals surface area contributed by atoms with Gasteiger partial charge in [-0.25, -0.2) is 0 Å². The SMILES string of the molecule is CC(C)c1ccc(CC(=O)N2CCN(c3ccc(C#N)nn3)[C@@H](C)C2)cc1. The third-order valence-electron chi connectivity index (χ3n) is 5.04. The van der Waals surface area contributed by atoms with Gasteiger partial charge in [-0.15, -0.1) is 10.2 Å². The summed E-state index contributed by atoms with van der Waals surface area (Å²) in [6, 6.07) is 13.9. The monoisotopic (exact) mass is 363 g/mol. The number of piperazine rings is 1. The molecule has 27 heavy (non-hydrogen) atoms. The first kappa shape index (κ1) is 18.8. The minimum Gasteiger partial charge on any atom is -0.349 e. The largest absolute Gasteiger partial charge is 0.349 e. The van der Waals surface area contributed by atoms with Crippen molar-refractivity contribution in [3.05, 3.63) is 53.2 Å². The zero-order valence-electron chi connectivity index (χ0n) is 16.1. The van der Waals surface area contributed by atoms with E-state index in [4.69, 9.17) is 5.26 Å². The Morgan fingerprint density at radius 1 is 1.19 bits per heavy atom. The zero-order valence-corrected chi connectivity index (χ0v) is 16.1. The number of aromatic nitrogens is 2. The van der Waals surface area contributed by atoms with Crippen LogP contribution in [0.2, 0.25) is 0 Å². The molecule has 0 N–H and O–H groups in total. The summed E-state index contributed by atoms with van der Waals surface area (Å²) in [6.45, 7) is 8.44. The van der Waals surface area contributed by atoms with Gasteiger partial charge in [0.05, 0.1) is 6.42 Å². The van der Waals surface area contributed by atoms with E-state index in [0.29, 0.717) is 37.7 Å². The molecular formula is C21H25N5O. The molecule has 6 nitrogen and oxygen atoms in total. The van der Waals surface area contributed by atoms with E-state index in [1.807, 2.05) is 17.0 Å². The predicted octanol–water partition coefficient (Wildman–Crippen LogP) is 2.75. The van der Waals surface area contributed by atoms with E-state index in [0.717, 1.165) is 11.4 Å². The average Bonchev–Trinajstić information content (AvgIpc) is 2.68. The van der Waals surface area contributed by atoms with Gasteiger partial charge in [-0.3, -0.25) is 4.79 Å². The van der Waals surface area contributed by atoms with Gasteiger partial charge in [0.1, 0.15) is 6.07 Å². The molecule has 0 radical (unpaired) electrons. The van der Waals surface area contributed by atoms with Gasteiger partial charge in [0.2, 0.25) is 5.91 Å². The average molecular weight is 363 g/mol. The van der Waals surface area contributed by atoms with Crippen molar-refractivity contribution in [2.75, 3.05) is 24.5 Å². The van der Waals surface area contributed by atoms with Crippen LogP contribution in [0.25, 0.3) is 0 Å². The molecule has 1 saturated heterocycles. The van der Waals surface area contributed by atoms with Crippen molar-refractivity contribution >= 4 is 11.7 Å². The second kappa shape index (κ2) is 8.17. The molecule has 1 aliphatic rings. The summed E-state index contributed by atoms with van der Waals surface area (Å²) in [5, 5.41) is 16.9. The Bertz CT molecular complexity index is 823. The molecule has 1 aromatic carbocycles. The molecule has 6 heteroatoms. The lowest BCUT2D eigenvalue weighted by Crippen LogP contribution is -2.54.